The Morgan fingerprint density at radius 2 is 2.11 bits per heavy atom. The number of anilines is 1. The first-order chi connectivity index (χ1) is 13.1. The highest BCUT2D eigenvalue weighted by molar-refractivity contribution is 5.95. The molecule has 1 saturated heterocycles. The first-order valence-electron chi connectivity index (χ1n) is 9.67. The van der Waals surface area contributed by atoms with E-state index in [1.165, 1.54) is 0 Å². The normalized spacial score (nSPS) is 17.4. The zero-order valence-electron chi connectivity index (χ0n) is 16.7. The summed E-state index contributed by atoms with van der Waals surface area (Å²) >= 11 is 0. The smallest absolute Gasteiger partial charge is 0.244 e. The van der Waals surface area contributed by atoms with E-state index in [9.17, 15) is 9.59 Å². The van der Waals surface area contributed by atoms with E-state index in [4.69, 9.17) is 4.74 Å². The summed E-state index contributed by atoms with van der Waals surface area (Å²) in [4.78, 5) is 29.1. The van der Waals surface area contributed by atoms with Crippen molar-refractivity contribution in [3.8, 4) is 5.75 Å². The van der Waals surface area contributed by atoms with E-state index < -0.39 is 0 Å². The Hall–Kier alpha value is -2.12. The van der Waals surface area contributed by atoms with Gasteiger partial charge in [0.25, 0.3) is 0 Å². The Bertz CT molecular complexity index is 623. The standard InChI is InChI=1S/C20H32N4O3/c1-4-11-24(20(26)15-23-12-7-8-16(13-23)21-2)14-19(25)22-17-9-5-6-10-18(17)27-3/h5-6,9-10,16,21H,4,7-8,11-15H2,1-3H3,(H,22,25). The molecule has 150 valence electrons. The number of carbonyl (C=O) groups excluding carboxylic acids is 2. The highest BCUT2D eigenvalue weighted by Gasteiger charge is 2.24. The average molecular weight is 377 g/mol. The number of carbonyl (C=O) groups is 2. The molecule has 0 aromatic heterocycles. The highest BCUT2D eigenvalue weighted by atomic mass is 16.5. The first kappa shape index (κ1) is 21.2. The van der Waals surface area contributed by atoms with Crippen LogP contribution in [-0.2, 0) is 9.59 Å². The largest absolute Gasteiger partial charge is 0.495 e. The lowest BCUT2D eigenvalue weighted by molar-refractivity contribution is -0.136. The summed E-state index contributed by atoms with van der Waals surface area (Å²) in [6.45, 7) is 4.79. The van der Waals surface area contributed by atoms with E-state index in [0.29, 0.717) is 30.6 Å². The molecule has 0 spiro atoms. The van der Waals surface area contributed by atoms with Crippen molar-refractivity contribution in [3.63, 3.8) is 0 Å². The maximum atomic E-state index is 12.8. The van der Waals surface area contributed by atoms with Gasteiger partial charge in [-0.25, -0.2) is 0 Å². The van der Waals surface area contributed by atoms with Gasteiger partial charge in [0, 0.05) is 19.1 Å². The molecule has 7 nitrogen and oxygen atoms in total. The predicted molar refractivity (Wildman–Crippen MR) is 107 cm³/mol. The molecule has 2 amide bonds. The zero-order valence-corrected chi connectivity index (χ0v) is 16.7. The van der Waals surface area contributed by atoms with E-state index in [1.807, 2.05) is 26.1 Å². The third kappa shape index (κ3) is 6.52. The number of methoxy groups -OCH3 is 1. The van der Waals surface area contributed by atoms with Gasteiger partial charge in [0.15, 0.2) is 0 Å². The van der Waals surface area contributed by atoms with Crippen LogP contribution in [-0.4, -0.2) is 74.5 Å². The van der Waals surface area contributed by atoms with Crippen LogP contribution in [0.2, 0.25) is 0 Å². The van der Waals surface area contributed by atoms with Crippen LogP contribution in [0.3, 0.4) is 0 Å². The molecule has 1 heterocycles. The lowest BCUT2D eigenvalue weighted by Gasteiger charge is -2.33. The molecule has 2 rings (SSSR count). The summed E-state index contributed by atoms with van der Waals surface area (Å²) in [6.07, 6.45) is 3.04. The van der Waals surface area contributed by atoms with E-state index in [1.54, 1.807) is 24.1 Å². The Morgan fingerprint density at radius 1 is 1.33 bits per heavy atom. The van der Waals surface area contributed by atoms with Gasteiger partial charge in [0.1, 0.15) is 5.75 Å². The van der Waals surface area contributed by atoms with Gasteiger partial charge in [-0.2, -0.15) is 0 Å². The van der Waals surface area contributed by atoms with Crippen molar-refractivity contribution in [2.75, 3.05) is 52.2 Å². The van der Waals surface area contributed by atoms with Crippen LogP contribution in [0, 0.1) is 0 Å². The van der Waals surface area contributed by atoms with Crippen LogP contribution < -0.4 is 15.4 Å². The number of para-hydroxylation sites is 2. The van der Waals surface area contributed by atoms with Crippen molar-refractivity contribution < 1.29 is 14.3 Å². The molecule has 0 aliphatic carbocycles. The van der Waals surface area contributed by atoms with Crippen molar-refractivity contribution >= 4 is 17.5 Å². The fourth-order valence-corrected chi connectivity index (χ4v) is 3.40. The molecule has 1 aliphatic rings. The minimum Gasteiger partial charge on any atom is -0.495 e. The Kier molecular flexibility index (Phi) is 8.54. The summed E-state index contributed by atoms with van der Waals surface area (Å²) in [6, 6.07) is 7.69. The van der Waals surface area contributed by atoms with Crippen LogP contribution in [0.15, 0.2) is 24.3 Å². The number of likely N-dealkylation sites (N-methyl/N-ethyl adjacent to an activating group) is 1. The molecule has 1 fully saturated rings. The molecule has 0 saturated carbocycles. The molecule has 1 unspecified atom stereocenters. The van der Waals surface area contributed by atoms with E-state index in [-0.39, 0.29) is 18.4 Å². The van der Waals surface area contributed by atoms with Crippen molar-refractivity contribution in [1.29, 1.82) is 0 Å². The number of hydrogen-bond acceptors (Lipinski definition) is 5. The van der Waals surface area contributed by atoms with Crippen LogP contribution in [0.1, 0.15) is 26.2 Å². The number of piperidine rings is 1. The number of hydrogen-bond donors (Lipinski definition) is 2. The van der Waals surface area contributed by atoms with Gasteiger partial charge in [-0.05, 0) is 45.0 Å². The van der Waals surface area contributed by atoms with E-state index in [0.717, 1.165) is 32.4 Å². The Balaban J connectivity index is 1.93. The number of amides is 2. The van der Waals surface area contributed by atoms with Crippen molar-refractivity contribution in [2.45, 2.75) is 32.2 Å². The molecule has 7 heteroatoms. The monoisotopic (exact) mass is 376 g/mol. The molecular weight excluding hydrogens is 344 g/mol. The summed E-state index contributed by atoms with van der Waals surface area (Å²) in [5.41, 5.74) is 0.613. The molecule has 1 aromatic carbocycles. The molecular formula is C20H32N4O3. The zero-order chi connectivity index (χ0) is 19.6. The quantitative estimate of drug-likeness (QED) is 0.684. The number of ether oxygens (including phenoxy) is 1. The van der Waals surface area contributed by atoms with Gasteiger partial charge in [-0.1, -0.05) is 19.1 Å². The maximum Gasteiger partial charge on any atom is 0.244 e. The lowest BCUT2D eigenvalue weighted by atomic mass is 10.1. The van der Waals surface area contributed by atoms with E-state index >= 15 is 0 Å². The second-order valence-electron chi connectivity index (χ2n) is 6.93. The molecule has 2 N–H and O–H groups in total. The van der Waals surface area contributed by atoms with Crippen LogP contribution in [0.25, 0.3) is 0 Å². The number of nitrogens with one attached hydrogen (secondary N) is 2. The van der Waals surface area contributed by atoms with Crippen LogP contribution in [0.5, 0.6) is 5.75 Å². The number of likely N-dealkylation sites (tertiary alicyclic amines) is 1. The van der Waals surface area contributed by atoms with Crippen molar-refractivity contribution in [1.82, 2.24) is 15.1 Å². The second-order valence-corrected chi connectivity index (χ2v) is 6.93. The van der Waals surface area contributed by atoms with Crippen molar-refractivity contribution in [3.05, 3.63) is 24.3 Å². The maximum absolute atomic E-state index is 12.8. The molecule has 0 radical (unpaired) electrons. The highest BCUT2D eigenvalue weighted by Crippen LogP contribution is 2.22. The van der Waals surface area contributed by atoms with Crippen LogP contribution >= 0.6 is 0 Å². The van der Waals surface area contributed by atoms with Gasteiger partial charge < -0.3 is 20.3 Å². The van der Waals surface area contributed by atoms with Gasteiger partial charge >= 0.3 is 0 Å². The fraction of sp³-hybridized carbons (Fsp3) is 0.600. The molecule has 1 aromatic rings. The fourth-order valence-electron chi connectivity index (χ4n) is 3.40. The van der Waals surface area contributed by atoms with Crippen LogP contribution in [0.4, 0.5) is 5.69 Å². The first-order valence-corrected chi connectivity index (χ1v) is 9.67. The van der Waals surface area contributed by atoms with Gasteiger partial charge in [0.05, 0.1) is 25.9 Å². The van der Waals surface area contributed by atoms with Crippen molar-refractivity contribution in [2.24, 2.45) is 0 Å². The summed E-state index contributed by atoms with van der Waals surface area (Å²) in [7, 11) is 3.52. The van der Waals surface area contributed by atoms with E-state index in [2.05, 4.69) is 15.5 Å². The number of rotatable bonds is 9. The molecule has 0 bridgehead atoms. The Labute approximate surface area is 162 Å². The third-order valence-electron chi connectivity index (χ3n) is 4.83. The van der Waals surface area contributed by atoms with Gasteiger partial charge in [-0.15, -0.1) is 0 Å². The summed E-state index contributed by atoms with van der Waals surface area (Å²) in [5, 5.41) is 6.13. The molecule has 27 heavy (non-hydrogen) atoms. The number of nitrogens with zero attached hydrogens (tertiary/aromatic N) is 2. The Morgan fingerprint density at radius 3 is 2.81 bits per heavy atom. The summed E-state index contributed by atoms with van der Waals surface area (Å²) < 4.78 is 5.26. The SMILES string of the molecule is CCCN(CC(=O)Nc1ccccc1OC)C(=O)CN1CCCC(NC)C1. The predicted octanol–water partition coefficient (Wildman–Crippen LogP) is 1.56. The van der Waals surface area contributed by atoms with Gasteiger partial charge in [-0.3, -0.25) is 14.5 Å². The summed E-state index contributed by atoms with van der Waals surface area (Å²) in [5.74, 6) is 0.391. The minimum atomic E-state index is -0.215. The number of benzene rings is 1. The average Bonchev–Trinajstić information content (AvgIpc) is 2.68. The topological polar surface area (TPSA) is 73.9 Å². The van der Waals surface area contributed by atoms with Gasteiger partial charge in [0.2, 0.25) is 11.8 Å². The third-order valence-corrected chi connectivity index (χ3v) is 4.83. The second kappa shape index (κ2) is 10.9. The minimum absolute atomic E-state index is 0.00350. The lowest BCUT2D eigenvalue weighted by Crippen LogP contribution is -2.49. The molecule has 1 atom stereocenters. The molecule has 1 aliphatic heterocycles.